The molecule has 20 heavy (non-hydrogen) atoms. The number of benzene rings is 1. The van der Waals surface area contributed by atoms with Gasteiger partial charge >= 0.3 is 6.41 Å². The zero-order valence-corrected chi connectivity index (χ0v) is 11.6. The molecule has 6 heteroatoms. The van der Waals surface area contributed by atoms with E-state index >= 15 is 0 Å². The quantitative estimate of drug-likeness (QED) is 0.860. The van der Waals surface area contributed by atoms with Gasteiger partial charge in [0.05, 0.1) is 7.11 Å². The molecule has 1 N–H and O–H groups in total. The predicted octanol–water partition coefficient (Wildman–Crippen LogP) is 0.317. The van der Waals surface area contributed by atoms with Crippen LogP contribution in [0.15, 0.2) is 24.3 Å². The second-order valence-electron chi connectivity index (χ2n) is 4.78. The van der Waals surface area contributed by atoms with Crippen LogP contribution in [0.1, 0.15) is 0 Å². The number of anilines is 1. The maximum atomic E-state index is 12.3. The van der Waals surface area contributed by atoms with Gasteiger partial charge < -0.3 is 19.9 Å². The average Bonchev–Trinajstić information content (AvgIpc) is 2.47. The molecule has 1 atom stereocenters. The Morgan fingerprint density at radius 2 is 2.25 bits per heavy atom. The lowest BCUT2D eigenvalue weighted by atomic mass is 10.1. The third-order valence-electron chi connectivity index (χ3n) is 3.34. The minimum Gasteiger partial charge on any atom is -0.497 e. The van der Waals surface area contributed by atoms with Gasteiger partial charge in [-0.15, -0.1) is 0 Å². The van der Waals surface area contributed by atoms with E-state index in [0.29, 0.717) is 24.5 Å². The predicted molar refractivity (Wildman–Crippen MR) is 75.3 cm³/mol. The number of ether oxygens (including phenoxy) is 1. The lowest BCUT2D eigenvalue weighted by Crippen LogP contribution is -2.56. The smallest absolute Gasteiger partial charge is 0.312 e. The van der Waals surface area contributed by atoms with E-state index in [1.54, 1.807) is 31.4 Å². The number of nitrogens with one attached hydrogen (secondary N) is 1. The van der Waals surface area contributed by atoms with E-state index in [0.717, 1.165) is 6.54 Å². The van der Waals surface area contributed by atoms with Gasteiger partial charge in [0.1, 0.15) is 11.8 Å². The number of rotatable bonds is 4. The molecule has 2 amide bonds. The molecule has 1 unspecified atom stereocenters. The highest BCUT2D eigenvalue weighted by Gasteiger charge is 2.30. The summed E-state index contributed by atoms with van der Waals surface area (Å²) in [5, 5.41) is 2.81. The number of carbonyl (C=O) groups is 1. The summed E-state index contributed by atoms with van der Waals surface area (Å²) in [4.78, 5) is 26.6. The van der Waals surface area contributed by atoms with Crippen LogP contribution in [0.5, 0.6) is 5.75 Å². The molecule has 2 rings (SSSR count). The van der Waals surface area contributed by atoms with Crippen molar-refractivity contribution < 1.29 is 14.3 Å². The molecule has 0 saturated carbocycles. The summed E-state index contributed by atoms with van der Waals surface area (Å²) >= 11 is 0. The van der Waals surface area contributed by atoms with Crippen LogP contribution in [0.25, 0.3) is 0 Å². The lowest BCUT2D eigenvalue weighted by molar-refractivity contribution is -0.121. The molecular formula is C14H18N3O3. The van der Waals surface area contributed by atoms with E-state index in [2.05, 4.69) is 5.32 Å². The Labute approximate surface area is 118 Å². The third kappa shape index (κ3) is 3.27. The number of hydrogen-bond acceptors (Lipinski definition) is 4. The first-order valence-electron chi connectivity index (χ1n) is 6.42. The molecule has 1 aromatic rings. The Bertz CT molecular complexity index is 492. The molecule has 1 heterocycles. The highest BCUT2D eigenvalue weighted by molar-refractivity contribution is 5.96. The number of nitrogens with zero attached hydrogens (tertiary/aromatic N) is 2. The van der Waals surface area contributed by atoms with Crippen LogP contribution in [-0.4, -0.2) is 62.0 Å². The number of amides is 2. The molecule has 107 valence electrons. The zero-order valence-electron chi connectivity index (χ0n) is 11.6. The standard InChI is InChI=1S/C14H18N3O3/c1-16-6-7-17(10-18)13(9-16)14(19)15-11-4-3-5-12(8-11)20-2/h3-5,8,13H,6-7,9H2,1-2H3,(H,15,19). The molecule has 1 aliphatic heterocycles. The first kappa shape index (κ1) is 14.3. The number of piperazine rings is 1. The molecule has 0 aromatic heterocycles. The Morgan fingerprint density at radius 3 is 2.95 bits per heavy atom. The number of hydrogen-bond donors (Lipinski definition) is 1. The van der Waals surface area contributed by atoms with Gasteiger partial charge in [-0.25, -0.2) is 0 Å². The summed E-state index contributed by atoms with van der Waals surface area (Å²) in [6.07, 6.45) is 1.83. The van der Waals surface area contributed by atoms with E-state index in [9.17, 15) is 9.59 Å². The molecule has 6 nitrogen and oxygen atoms in total. The molecule has 0 aliphatic carbocycles. The summed E-state index contributed by atoms with van der Waals surface area (Å²) in [6, 6.07) is 6.60. The van der Waals surface area contributed by atoms with Crippen molar-refractivity contribution in [3.8, 4) is 5.75 Å². The van der Waals surface area contributed by atoms with Crippen molar-refractivity contribution in [2.75, 3.05) is 39.1 Å². The summed E-state index contributed by atoms with van der Waals surface area (Å²) in [5.74, 6) is 0.454. The van der Waals surface area contributed by atoms with E-state index < -0.39 is 6.04 Å². The third-order valence-corrected chi connectivity index (χ3v) is 3.34. The highest BCUT2D eigenvalue weighted by atomic mass is 16.5. The van der Waals surface area contributed by atoms with Gasteiger partial charge in [-0.3, -0.25) is 9.59 Å². The summed E-state index contributed by atoms with van der Waals surface area (Å²) in [7, 11) is 3.49. The molecule has 0 spiro atoms. The second kappa shape index (κ2) is 6.38. The molecular weight excluding hydrogens is 258 g/mol. The van der Waals surface area contributed by atoms with Crippen molar-refractivity contribution >= 4 is 18.0 Å². The Hall–Kier alpha value is -2.08. The molecule has 1 saturated heterocycles. The van der Waals surface area contributed by atoms with Gasteiger partial charge in [0.25, 0.3) is 0 Å². The maximum absolute atomic E-state index is 12.3. The first-order valence-corrected chi connectivity index (χ1v) is 6.42. The fourth-order valence-electron chi connectivity index (χ4n) is 2.18. The van der Waals surface area contributed by atoms with Crippen molar-refractivity contribution in [3.63, 3.8) is 0 Å². The van der Waals surface area contributed by atoms with E-state index in [-0.39, 0.29) is 5.91 Å². The van der Waals surface area contributed by atoms with Gasteiger partial charge in [0.2, 0.25) is 5.91 Å². The van der Waals surface area contributed by atoms with Crippen LogP contribution in [0.4, 0.5) is 5.69 Å². The van der Waals surface area contributed by atoms with Crippen molar-refractivity contribution in [1.29, 1.82) is 0 Å². The number of methoxy groups -OCH3 is 1. The van der Waals surface area contributed by atoms with Gasteiger partial charge in [0, 0.05) is 31.4 Å². The average molecular weight is 276 g/mol. The first-order chi connectivity index (χ1) is 9.63. The van der Waals surface area contributed by atoms with Crippen molar-refractivity contribution in [2.45, 2.75) is 6.04 Å². The van der Waals surface area contributed by atoms with Crippen molar-refractivity contribution in [2.24, 2.45) is 0 Å². The van der Waals surface area contributed by atoms with Gasteiger partial charge in [-0.05, 0) is 19.2 Å². The Kier molecular flexibility index (Phi) is 4.57. The van der Waals surface area contributed by atoms with Crippen LogP contribution >= 0.6 is 0 Å². The molecule has 0 bridgehead atoms. The van der Waals surface area contributed by atoms with Crippen LogP contribution < -0.4 is 10.1 Å². The SMILES string of the molecule is COc1cccc(NC(=O)C2CN(C)CCN2[C]=O)c1. The highest BCUT2D eigenvalue weighted by Crippen LogP contribution is 2.17. The van der Waals surface area contributed by atoms with Crippen LogP contribution in [0.3, 0.4) is 0 Å². The van der Waals surface area contributed by atoms with Gasteiger partial charge in [-0.2, -0.15) is 0 Å². The molecule has 1 fully saturated rings. The van der Waals surface area contributed by atoms with E-state index in [1.165, 1.54) is 4.90 Å². The number of likely N-dealkylation sites (N-methyl/N-ethyl adjacent to an activating group) is 1. The summed E-state index contributed by atoms with van der Waals surface area (Å²) < 4.78 is 5.11. The normalized spacial score (nSPS) is 19.5. The maximum Gasteiger partial charge on any atom is 0.312 e. The summed E-state index contributed by atoms with van der Waals surface area (Å²) in [6.45, 7) is 1.76. The van der Waals surface area contributed by atoms with E-state index in [4.69, 9.17) is 4.74 Å². The molecule has 1 aliphatic rings. The second-order valence-corrected chi connectivity index (χ2v) is 4.78. The van der Waals surface area contributed by atoms with Crippen LogP contribution in [0.2, 0.25) is 0 Å². The summed E-state index contributed by atoms with van der Waals surface area (Å²) in [5.41, 5.74) is 0.647. The van der Waals surface area contributed by atoms with Crippen LogP contribution in [-0.2, 0) is 9.59 Å². The van der Waals surface area contributed by atoms with Gasteiger partial charge in [-0.1, -0.05) is 6.07 Å². The Morgan fingerprint density at radius 1 is 1.45 bits per heavy atom. The fourth-order valence-corrected chi connectivity index (χ4v) is 2.18. The van der Waals surface area contributed by atoms with Gasteiger partial charge in [0.15, 0.2) is 0 Å². The van der Waals surface area contributed by atoms with Crippen LogP contribution in [0, 0.1) is 0 Å². The minimum atomic E-state index is -0.516. The topological polar surface area (TPSA) is 61.9 Å². The lowest BCUT2D eigenvalue weighted by Gasteiger charge is -2.36. The zero-order chi connectivity index (χ0) is 14.5. The fraction of sp³-hybridized carbons (Fsp3) is 0.429. The van der Waals surface area contributed by atoms with Crippen molar-refractivity contribution in [3.05, 3.63) is 24.3 Å². The molecule has 1 aromatic carbocycles. The monoisotopic (exact) mass is 276 g/mol. The minimum absolute atomic E-state index is 0.215. The largest absolute Gasteiger partial charge is 0.497 e. The van der Waals surface area contributed by atoms with E-state index in [1.807, 2.05) is 18.4 Å². The number of carbonyl (C=O) groups excluding carboxylic acids is 2. The Balaban J connectivity index is 2.07. The van der Waals surface area contributed by atoms with Crippen molar-refractivity contribution in [1.82, 2.24) is 9.80 Å². The molecule has 1 radical (unpaired) electrons.